The van der Waals surface area contributed by atoms with E-state index < -0.39 is 86.8 Å². The van der Waals surface area contributed by atoms with E-state index in [4.69, 9.17) is 0 Å². The molecule has 115 heavy (non-hydrogen) atoms. The van der Waals surface area contributed by atoms with Gasteiger partial charge in [-0.25, -0.2) is 73.1 Å². The van der Waals surface area contributed by atoms with Crippen molar-refractivity contribution < 1.29 is 64.5 Å². The van der Waals surface area contributed by atoms with Crippen LogP contribution in [0.3, 0.4) is 0 Å². The lowest BCUT2D eigenvalue weighted by Gasteiger charge is -2.43. The van der Waals surface area contributed by atoms with Crippen LogP contribution in [0.1, 0.15) is 113 Å². The monoisotopic (exact) mass is 1590 g/mol. The molecule has 0 unspecified atom stereocenters. The zero-order valence-electron chi connectivity index (χ0n) is 64.8. The predicted molar refractivity (Wildman–Crippen MR) is 412 cm³/mol. The van der Waals surface area contributed by atoms with Gasteiger partial charge in [0.05, 0.1) is 26.2 Å². The summed E-state index contributed by atoms with van der Waals surface area (Å²) in [7, 11) is 0. The molecule has 9 heterocycles. The molecule has 0 spiro atoms. The molecule has 4 saturated heterocycles. The standard InChI is InChI=1S/C30H34F4N7O2.C24H32FN5O.C18H22F2N4O.C11H9F2N3/c1-20-8-10-38(11-9-20)21(2)30(43,26-7-5-24(32)13-28(26)34)15-41-19-39(18-37-41)22(3)29(42,14-40-17-35-16-36-40)25-6-4-23(31)12-27(25)33;1-18-6-10-28(11-7-18)20(3)24(31,15-30-17-26-16-27-30)22-5-4-21(14-23(22)25)29-12-8-19(2)9-13-29;1-13-5-7-24(8-6-13)14(2)18(25,10-23-11-21-22-12-23)16-4-3-15(19)9-17(16)20;1-8(5-16-7-14-6-15-16)10-3-2-9(12)4-11(10)13/h4-7,12-13,16-19,21-22,42-43H,1,8-11,14-15H2,2-3H3;4-5,14,16-17,20,31H,1-2,6-13,15H2,3H3;3-4,9,11-12,14,25H,1,5-8,10H2,2H3;2-4,6-7H,1,5H2/q+1;;;/t21-,22-,29-,30-;20-,24-;14-,18-;/m111./s1. The van der Waals surface area contributed by atoms with Gasteiger partial charge in [-0.1, -0.05) is 79.5 Å². The summed E-state index contributed by atoms with van der Waals surface area (Å²) in [6.45, 7) is 33.2. The summed E-state index contributed by atoms with van der Waals surface area (Å²) in [5.74, 6) is -6.44. The molecule has 0 saturated carbocycles. The van der Waals surface area contributed by atoms with E-state index in [1.807, 2.05) is 24.8 Å². The maximum absolute atomic E-state index is 15.5. The summed E-state index contributed by atoms with van der Waals surface area (Å²) in [6, 6.07) is 15.7. The molecule has 32 heteroatoms. The van der Waals surface area contributed by atoms with Gasteiger partial charge in [-0.2, -0.15) is 15.3 Å². The Hall–Kier alpha value is -10.6. The molecular weight excluding hydrogens is 1500 g/mol. The first-order valence-electron chi connectivity index (χ1n) is 37.9. The van der Waals surface area contributed by atoms with Crippen molar-refractivity contribution in [1.82, 2.24) is 83.5 Å². The molecule has 4 aliphatic rings. The van der Waals surface area contributed by atoms with Gasteiger partial charge in [0.1, 0.15) is 138 Å². The second-order valence-corrected chi connectivity index (χ2v) is 30.1. The van der Waals surface area contributed by atoms with Crippen LogP contribution in [0.5, 0.6) is 0 Å². The number of allylic oxidation sites excluding steroid dienone is 1. The van der Waals surface area contributed by atoms with Crippen LogP contribution in [0.2, 0.25) is 0 Å². The Bertz CT molecular complexity index is 4940. The summed E-state index contributed by atoms with van der Waals surface area (Å²) in [5, 5.41) is 71.5. The number of hydrogen-bond donors (Lipinski definition) is 4. The summed E-state index contributed by atoms with van der Waals surface area (Å²) in [5.41, 5.74) is -0.295. The van der Waals surface area contributed by atoms with E-state index in [0.29, 0.717) is 36.8 Å². The maximum Gasteiger partial charge on any atom is 0.265 e. The first-order chi connectivity index (χ1) is 54.8. The third-order valence-corrected chi connectivity index (χ3v) is 22.6. The Morgan fingerprint density at radius 1 is 0.409 bits per heavy atom. The topological polar surface area (TPSA) is 238 Å². The highest BCUT2D eigenvalue weighted by molar-refractivity contribution is 5.63. The van der Waals surface area contributed by atoms with Gasteiger partial charge in [-0.3, -0.25) is 14.7 Å². The highest BCUT2D eigenvalue weighted by Crippen LogP contribution is 2.40. The van der Waals surface area contributed by atoms with Crippen LogP contribution in [0.15, 0.2) is 209 Å². The fourth-order valence-corrected chi connectivity index (χ4v) is 15.2. The van der Waals surface area contributed by atoms with E-state index in [1.54, 1.807) is 41.6 Å². The van der Waals surface area contributed by atoms with Gasteiger partial charge in [0.2, 0.25) is 6.33 Å². The zero-order valence-corrected chi connectivity index (χ0v) is 64.8. The van der Waals surface area contributed by atoms with Crippen molar-refractivity contribution in [3.63, 3.8) is 0 Å². The average molecular weight is 1600 g/mol. The Morgan fingerprint density at radius 3 is 1.15 bits per heavy atom. The molecule has 8 atom stereocenters. The third-order valence-electron chi connectivity index (χ3n) is 22.6. The molecule has 23 nitrogen and oxygen atoms in total. The van der Waals surface area contributed by atoms with Crippen LogP contribution in [0, 0.1) is 52.4 Å². The van der Waals surface area contributed by atoms with Crippen molar-refractivity contribution in [3.05, 3.63) is 290 Å². The molecule has 10 aromatic rings. The van der Waals surface area contributed by atoms with Crippen LogP contribution in [0.4, 0.5) is 45.2 Å². The van der Waals surface area contributed by atoms with Crippen LogP contribution >= 0.6 is 0 Å². The van der Waals surface area contributed by atoms with E-state index >= 15 is 13.2 Å². The minimum absolute atomic E-state index is 0.0690. The van der Waals surface area contributed by atoms with Gasteiger partial charge in [-0.15, -0.1) is 14.9 Å². The fourth-order valence-electron chi connectivity index (χ4n) is 15.2. The lowest BCUT2D eigenvalue weighted by atomic mass is 9.84. The van der Waals surface area contributed by atoms with E-state index in [-0.39, 0.29) is 60.5 Å². The Kier molecular flexibility index (Phi) is 27.7. The number of benzene rings is 5. The molecule has 0 amide bonds. The molecule has 4 aliphatic heterocycles. The molecule has 5 aromatic heterocycles. The lowest BCUT2D eigenvalue weighted by Crippen LogP contribution is -2.54. The minimum atomic E-state index is -1.95. The van der Waals surface area contributed by atoms with Gasteiger partial charge in [0.25, 0.3) is 6.33 Å². The van der Waals surface area contributed by atoms with Crippen molar-refractivity contribution in [2.75, 3.05) is 57.3 Å². The molecule has 4 N–H and O–H groups in total. The first-order valence-corrected chi connectivity index (χ1v) is 37.9. The number of anilines is 1. The number of nitrogens with zero attached hydrogens (tertiary/aromatic N) is 19. The summed E-state index contributed by atoms with van der Waals surface area (Å²) < 4.78 is 136. The average Bonchev–Trinajstić information content (AvgIpc) is 1.77. The van der Waals surface area contributed by atoms with E-state index in [1.165, 1.54) is 129 Å². The molecule has 4 fully saturated rings. The van der Waals surface area contributed by atoms with E-state index in [2.05, 4.69) is 93.1 Å². The van der Waals surface area contributed by atoms with E-state index in [9.17, 15) is 46.8 Å². The number of aromatic nitrogens is 15. The Labute approximate surface area is 661 Å². The minimum Gasteiger partial charge on any atom is -0.382 e. The van der Waals surface area contributed by atoms with Crippen molar-refractivity contribution in [2.45, 2.75) is 158 Å². The molecule has 14 rings (SSSR count). The van der Waals surface area contributed by atoms with Crippen molar-refractivity contribution in [2.24, 2.45) is 0 Å². The van der Waals surface area contributed by atoms with Crippen molar-refractivity contribution in [1.29, 1.82) is 0 Å². The Balaban J connectivity index is 0.000000159. The lowest BCUT2D eigenvalue weighted by molar-refractivity contribution is -0.737. The van der Waals surface area contributed by atoms with Gasteiger partial charge >= 0.3 is 0 Å². The normalized spacial score (nSPS) is 18.4. The van der Waals surface area contributed by atoms with Crippen LogP contribution in [0.25, 0.3) is 5.57 Å². The highest BCUT2D eigenvalue weighted by atomic mass is 19.2. The Morgan fingerprint density at radius 2 is 0.757 bits per heavy atom. The summed E-state index contributed by atoms with van der Waals surface area (Å²) >= 11 is 0. The van der Waals surface area contributed by atoms with Crippen molar-refractivity contribution in [3.8, 4) is 0 Å². The number of aliphatic hydroxyl groups is 4. The SMILES string of the molecule is C=C(Cn1cncn1)c1ccc(F)cc1F.C=C1CCN([C@H](C)[C@](O)(Cn2c[n+]([C@H](C)[C@](O)(Cn3cncn3)c3ccc(F)cc3F)cn2)c2ccc(F)cc2F)CC1.C=C1CCN([C@H](C)[C@](O)(Cn2cnnc2)c2ccc(F)cc2F)CC1.C=C1CCN(c2ccc([C@@](O)(Cn3cncn3)[C@@H](C)N3CCC(=C)CC3)c(F)c2)CC1. The fraction of sp³-hybridized carbons (Fsp3) is 0.398. The van der Waals surface area contributed by atoms with E-state index in [0.717, 1.165) is 132 Å². The molecule has 0 radical (unpaired) electrons. The van der Waals surface area contributed by atoms with Gasteiger partial charge in [-0.05, 0) is 127 Å². The first kappa shape index (κ1) is 85.3. The third kappa shape index (κ3) is 20.6. The van der Waals surface area contributed by atoms with Crippen LogP contribution < -0.4 is 9.47 Å². The van der Waals surface area contributed by atoms with Gasteiger partial charge < -0.3 is 29.9 Å². The largest absolute Gasteiger partial charge is 0.382 e. The second kappa shape index (κ2) is 37.3. The highest BCUT2D eigenvalue weighted by Gasteiger charge is 2.48. The smallest absolute Gasteiger partial charge is 0.265 e. The van der Waals surface area contributed by atoms with Crippen LogP contribution in [-0.2, 0) is 55.1 Å². The van der Waals surface area contributed by atoms with Crippen molar-refractivity contribution >= 4 is 11.3 Å². The summed E-state index contributed by atoms with van der Waals surface area (Å²) in [4.78, 5) is 20.2. The van der Waals surface area contributed by atoms with Crippen LogP contribution in [-0.4, -0.2) is 174 Å². The number of hydrogen-bond acceptors (Lipinski definition) is 17. The second-order valence-electron chi connectivity index (χ2n) is 30.1. The molecule has 0 aliphatic carbocycles. The molecular formula is C83H97F9N19O4+. The van der Waals surface area contributed by atoms with Gasteiger partial charge in [0.15, 0.2) is 0 Å². The quantitative estimate of drug-likeness (QED) is 0.0250. The molecule has 610 valence electrons. The predicted octanol–water partition coefficient (Wildman–Crippen LogP) is 11.7. The summed E-state index contributed by atoms with van der Waals surface area (Å²) in [6.07, 6.45) is 21.1. The number of likely N-dealkylation sites (tertiary alicyclic amines) is 3. The number of rotatable bonds is 24. The molecule has 5 aromatic carbocycles. The number of halogens is 9. The van der Waals surface area contributed by atoms with Gasteiger partial charge in [0, 0.05) is 133 Å². The zero-order chi connectivity index (χ0) is 82.5. The number of piperidine rings is 4. The maximum atomic E-state index is 15.5. The molecule has 0 bridgehead atoms.